The number of aromatic nitrogens is 4. The molecule has 0 spiro atoms. The van der Waals surface area contributed by atoms with Crippen molar-refractivity contribution >= 4 is 0 Å². The summed E-state index contributed by atoms with van der Waals surface area (Å²) in [4.78, 5) is 8.43. The van der Waals surface area contributed by atoms with Crippen LogP contribution in [-0.4, -0.2) is 19.7 Å². The van der Waals surface area contributed by atoms with E-state index in [1.165, 1.54) is 6.33 Å². The van der Waals surface area contributed by atoms with Crippen molar-refractivity contribution in [2.45, 2.75) is 26.3 Å². The molecule has 0 atom stereocenters. The normalized spacial score (nSPS) is 10.6. The third kappa shape index (κ3) is 2.25. The summed E-state index contributed by atoms with van der Waals surface area (Å²) in [6.07, 6.45) is 5.15. The smallest absolute Gasteiger partial charge is 0.155 e. The summed E-state index contributed by atoms with van der Waals surface area (Å²) in [5.41, 5.74) is 7.79. The standard InChI is InChI=1S/C11H15N5/c1-2-3-10-4-9(6-12)5-11(15-10)16-8-13-7-14-16/h4-5,7-8H,2-3,6,12H2,1H3. The number of nitrogens with zero attached hydrogens (tertiary/aromatic N) is 4. The second-order valence-electron chi connectivity index (χ2n) is 3.62. The lowest BCUT2D eigenvalue weighted by Gasteiger charge is -2.06. The largest absolute Gasteiger partial charge is 0.326 e. The van der Waals surface area contributed by atoms with Gasteiger partial charge in [-0.2, -0.15) is 5.10 Å². The second-order valence-corrected chi connectivity index (χ2v) is 3.62. The average Bonchev–Trinajstić information content (AvgIpc) is 2.82. The molecule has 16 heavy (non-hydrogen) atoms. The zero-order valence-corrected chi connectivity index (χ0v) is 9.30. The van der Waals surface area contributed by atoms with Crippen molar-refractivity contribution in [3.8, 4) is 5.82 Å². The van der Waals surface area contributed by atoms with Gasteiger partial charge in [-0.1, -0.05) is 13.3 Å². The van der Waals surface area contributed by atoms with Crippen LogP contribution in [0, 0.1) is 0 Å². The van der Waals surface area contributed by atoms with E-state index in [-0.39, 0.29) is 0 Å². The van der Waals surface area contributed by atoms with Crippen LogP contribution in [0.2, 0.25) is 0 Å². The molecule has 0 saturated heterocycles. The first kappa shape index (κ1) is 10.8. The zero-order valence-electron chi connectivity index (χ0n) is 9.30. The molecule has 0 aromatic carbocycles. The Balaban J connectivity index is 2.41. The molecular formula is C11H15N5. The zero-order chi connectivity index (χ0) is 11.4. The van der Waals surface area contributed by atoms with Crippen molar-refractivity contribution in [3.63, 3.8) is 0 Å². The maximum Gasteiger partial charge on any atom is 0.155 e. The number of hydrogen-bond donors (Lipinski definition) is 1. The number of rotatable bonds is 4. The molecule has 0 aliphatic rings. The first-order valence-corrected chi connectivity index (χ1v) is 5.38. The van der Waals surface area contributed by atoms with Gasteiger partial charge in [0.25, 0.3) is 0 Å². The molecule has 0 bridgehead atoms. The monoisotopic (exact) mass is 217 g/mol. The van der Waals surface area contributed by atoms with E-state index in [2.05, 4.69) is 22.0 Å². The van der Waals surface area contributed by atoms with E-state index in [0.717, 1.165) is 29.9 Å². The molecule has 5 heteroatoms. The minimum absolute atomic E-state index is 0.515. The van der Waals surface area contributed by atoms with Crippen LogP contribution in [0.15, 0.2) is 24.8 Å². The highest BCUT2D eigenvalue weighted by atomic mass is 15.3. The van der Waals surface area contributed by atoms with Gasteiger partial charge in [0, 0.05) is 12.2 Å². The van der Waals surface area contributed by atoms with E-state index in [0.29, 0.717) is 6.54 Å². The van der Waals surface area contributed by atoms with E-state index in [1.807, 2.05) is 12.1 Å². The first-order chi connectivity index (χ1) is 7.83. The highest BCUT2D eigenvalue weighted by molar-refractivity contribution is 5.30. The molecule has 2 heterocycles. The molecule has 2 N–H and O–H groups in total. The van der Waals surface area contributed by atoms with Gasteiger partial charge in [-0.15, -0.1) is 0 Å². The van der Waals surface area contributed by atoms with Crippen LogP contribution in [0.25, 0.3) is 5.82 Å². The molecule has 0 fully saturated rings. The minimum Gasteiger partial charge on any atom is -0.326 e. The molecule has 5 nitrogen and oxygen atoms in total. The Hall–Kier alpha value is -1.75. The van der Waals surface area contributed by atoms with Crippen LogP contribution in [0.1, 0.15) is 24.6 Å². The lowest BCUT2D eigenvalue weighted by molar-refractivity contribution is 0.806. The van der Waals surface area contributed by atoms with Crippen LogP contribution in [0.4, 0.5) is 0 Å². The summed E-state index contributed by atoms with van der Waals surface area (Å²) >= 11 is 0. The molecule has 0 unspecified atom stereocenters. The lowest BCUT2D eigenvalue weighted by atomic mass is 10.1. The van der Waals surface area contributed by atoms with Gasteiger partial charge in [0.05, 0.1) is 0 Å². The summed E-state index contributed by atoms with van der Waals surface area (Å²) in [6.45, 7) is 2.65. The van der Waals surface area contributed by atoms with Crippen LogP contribution in [0.5, 0.6) is 0 Å². The van der Waals surface area contributed by atoms with Crippen LogP contribution in [-0.2, 0) is 13.0 Å². The number of hydrogen-bond acceptors (Lipinski definition) is 4. The van der Waals surface area contributed by atoms with E-state index >= 15 is 0 Å². The van der Waals surface area contributed by atoms with Crippen LogP contribution in [0.3, 0.4) is 0 Å². The molecule has 84 valence electrons. The highest BCUT2D eigenvalue weighted by Gasteiger charge is 2.04. The molecule has 0 aliphatic carbocycles. The third-order valence-electron chi connectivity index (χ3n) is 2.32. The SMILES string of the molecule is CCCc1cc(CN)cc(-n2cncn2)n1. The van der Waals surface area contributed by atoms with E-state index in [9.17, 15) is 0 Å². The van der Waals surface area contributed by atoms with Crippen molar-refractivity contribution in [3.05, 3.63) is 36.0 Å². The first-order valence-electron chi connectivity index (χ1n) is 5.38. The molecular weight excluding hydrogens is 202 g/mol. The van der Waals surface area contributed by atoms with Crippen molar-refractivity contribution in [2.24, 2.45) is 5.73 Å². The molecule has 0 aliphatic heterocycles. The van der Waals surface area contributed by atoms with E-state index in [4.69, 9.17) is 5.73 Å². The van der Waals surface area contributed by atoms with Gasteiger partial charge >= 0.3 is 0 Å². The molecule has 2 aromatic heterocycles. The van der Waals surface area contributed by atoms with Gasteiger partial charge in [0.2, 0.25) is 0 Å². The predicted molar refractivity (Wildman–Crippen MR) is 61.0 cm³/mol. The number of pyridine rings is 1. The van der Waals surface area contributed by atoms with E-state index < -0.39 is 0 Å². The van der Waals surface area contributed by atoms with Gasteiger partial charge < -0.3 is 5.73 Å². The Morgan fingerprint density at radius 2 is 2.25 bits per heavy atom. The van der Waals surface area contributed by atoms with Crippen LogP contribution >= 0.6 is 0 Å². The minimum atomic E-state index is 0.515. The third-order valence-corrected chi connectivity index (χ3v) is 2.32. The summed E-state index contributed by atoms with van der Waals surface area (Å²) in [5.74, 6) is 0.781. The fourth-order valence-electron chi connectivity index (χ4n) is 1.58. The van der Waals surface area contributed by atoms with Crippen LogP contribution < -0.4 is 5.73 Å². The Morgan fingerprint density at radius 1 is 1.38 bits per heavy atom. The van der Waals surface area contributed by atoms with Gasteiger partial charge in [0.1, 0.15) is 12.7 Å². The van der Waals surface area contributed by atoms with E-state index in [1.54, 1.807) is 11.0 Å². The summed E-state index contributed by atoms with van der Waals surface area (Å²) in [7, 11) is 0. The second kappa shape index (κ2) is 4.85. The maximum absolute atomic E-state index is 5.66. The Labute approximate surface area is 94.3 Å². The molecule has 2 aromatic rings. The topological polar surface area (TPSA) is 69.6 Å². The van der Waals surface area contributed by atoms with Crippen molar-refractivity contribution in [1.29, 1.82) is 0 Å². The van der Waals surface area contributed by atoms with Gasteiger partial charge in [-0.25, -0.2) is 14.6 Å². The summed E-state index contributed by atoms with van der Waals surface area (Å²) < 4.78 is 1.65. The molecule has 0 radical (unpaired) electrons. The molecule has 0 amide bonds. The fourth-order valence-corrected chi connectivity index (χ4v) is 1.58. The number of aryl methyl sites for hydroxylation is 1. The lowest BCUT2D eigenvalue weighted by Crippen LogP contribution is -2.05. The fraction of sp³-hybridized carbons (Fsp3) is 0.364. The molecule has 0 saturated carbocycles. The van der Waals surface area contributed by atoms with Crippen molar-refractivity contribution in [1.82, 2.24) is 19.7 Å². The Morgan fingerprint density at radius 3 is 2.88 bits per heavy atom. The van der Waals surface area contributed by atoms with Gasteiger partial charge in [-0.3, -0.25) is 0 Å². The summed E-state index contributed by atoms with van der Waals surface area (Å²) in [5, 5.41) is 4.07. The van der Waals surface area contributed by atoms with Gasteiger partial charge in [0.15, 0.2) is 5.82 Å². The predicted octanol–water partition coefficient (Wildman–Crippen LogP) is 1.07. The Bertz CT molecular complexity index is 449. The van der Waals surface area contributed by atoms with Crippen molar-refractivity contribution in [2.75, 3.05) is 0 Å². The summed E-state index contributed by atoms with van der Waals surface area (Å²) in [6, 6.07) is 3.98. The Kier molecular flexibility index (Phi) is 3.26. The molecule has 2 rings (SSSR count). The highest BCUT2D eigenvalue weighted by Crippen LogP contribution is 2.10. The van der Waals surface area contributed by atoms with Crippen molar-refractivity contribution < 1.29 is 0 Å². The maximum atomic E-state index is 5.66. The quantitative estimate of drug-likeness (QED) is 0.831. The van der Waals surface area contributed by atoms with Gasteiger partial charge in [-0.05, 0) is 24.1 Å². The average molecular weight is 217 g/mol. The number of nitrogens with two attached hydrogens (primary N) is 1.